The molecule has 0 bridgehead atoms. The minimum absolute atomic E-state index is 0.0739. The molecule has 2 rings (SSSR count). The van der Waals surface area contributed by atoms with Gasteiger partial charge in [0, 0.05) is 35.7 Å². The summed E-state index contributed by atoms with van der Waals surface area (Å²) in [4.78, 5) is 10.8. The van der Waals surface area contributed by atoms with Crippen molar-refractivity contribution in [3.63, 3.8) is 0 Å². The third-order valence-corrected chi connectivity index (χ3v) is 3.49. The first-order valence-corrected chi connectivity index (χ1v) is 6.25. The van der Waals surface area contributed by atoms with Crippen molar-refractivity contribution in [2.45, 2.75) is 13.1 Å². The number of hydrogen-bond donors (Lipinski definition) is 1. The van der Waals surface area contributed by atoms with E-state index in [0.29, 0.717) is 12.1 Å². The molecule has 0 unspecified atom stereocenters. The van der Waals surface area contributed by atoms with E-state index in [1.807, 2.05) is 0 Å². The van der Waals surface area contributed by atoms with Crippen molar-refractivity contribution in [2.75, 3.05) is 0 Å². The van der Waals surface area contributed by atoms with Crippen LogP contribution in [0.25, 0.3) is 0 Å². The monoisotopic (exact) mass is 284 g/mol. The minimum atomic E-state index is -0.616. The summed E-state index contributed by atoms with van der Waals surface area (Å²) in [7, 11) is 0. The summed E-state index contributed by atoms with van der Waals surface area (Å²) >= 11 is 1.07. The van der Waals surface area contributed by atoms with Gasteiger partial charge >= 0.3 is 5.00 Å². The molecule has 0 atom stereocenters. The average molecular weight is 284 g/mol. The number of nitrogens with zero attached hydrogens (tertiary/aromatic N) is 1. The second kappa shape index (κ2) is 5.85. The number of hydrogen-bond acceptors (Lipinski definition) is 4. The van der Waals surface area contributed by atoms with Crippen LogP contribution in [0.1, 0.15) is 10.4 Å². The number of nitro groups is 1. The zero-order valence-corrected chi connectivity index (χ0v) is 10.5. The fraction of sp³-hybridized carbons (Fsp3) is 0.167. The first-order valence-electron chi connectivity index (χ1n) is 5.44. The predicted octanol–water partition coefficient (Wildman–Crippen LogP) is 3.22. The molecule has 0 amide bonds. The van der Waals surface area contributed by atoms with Crippen molar-refractivity contribution in [3.8, 4) is 0 Å². The maximum absolute atomic E-state index is 13.3. The fourth-order valence-electron chi connectivity index (χ4n) is 1.55. The highest BCUT2D eigenvalue weighted by atomic mass is 32.1. The molecular formula is C12H10F2N2O2S. The molecule has 4 nitrogen and oxygen atoms in total. The Morgan fingerprint density at radius 2 is 2.00 bits per heavy atom. The second-order valence-electron chi connectivity index (χ2n) is 3.84. The van der Waals surface area contributed by atoms with Gasteiger partial charge in [-0.2, -0.15) is 0 Å². The molecule has 1 aromatic heterocycles. The number of nitrogens with one attached hydrogen (secondary N) is 1. The van der Waals surface area contributed by atoms with E-state index in [2.05, 4.69) is 5.32 Å². The lowest BCUT2D eigenvalue weighted by Gasteiger charge is -2.04. The first-order chi connectivity index (χ1) is 9.06. The number of benzene rings is 1. The van der Waals surface area contributed by atoms with Crippen molar-refractivity contribution in [1.29, 1.82) is 0 Å². The summed E-state index contributed by atoms with van der Waals surface area (Å²) in [6.45, 7) is 0.632. The summed E-state index contributed by atoms with van der Waals surface area (Å²) in [6, 6.07) is 6.47. The normalized spacial score (nSPS) is 10.6. The Bertz CT molecular complexity index is 601. The van der Waals surface area contributed by atoms with Crippen LogP contribution in [-0.4, -0.2) is 4.92 Å². The molecule has 2 aromatic rings. The van der Waals surface area contributed by atoms with Gasteiger partial charge in [-0.25, -0.2) is 8.78 Å². The van der Waals surface area contributed by atoms with Crippen LogP contribution in [0, 0.1) is 21.7 Å². The Hall–Kier alpha value is -1.86. The van der Waals surface area contributed by atoms with Gasteiger partial charge in [0.15, 0.2) is 0 Å². The van der Waals surface area contributed by atoms with E-state index in [4.69, 9.17) is 0 Å². The largest absolute Gasteiger partial charge is 0.324 e. The lowest BCUT2D eigenvalue weighted by molar-refractivity contribution is -0.380. The van der Waals surface area contributed by atoms with E-state index in [9.17, 15) is 18.9 Å². The van der Waals surface area contributed by atoms with Crippen LogP contribution in [-0.2, 0) is 13.1 Å². The molecule has 0 radical (unpaired) electrons. The molecule has 0 aliphatic carbocycles. The highest BCUT2D eigenvalue weighted by Crippen LogP contribution is 2.23. The van der Waals surface area contributed by atoms with Gasteiger partial charge in [0.1, 0.15) is 11.6 Å². The number of halogens is 2. The summed E-state index contributed by atoms with van der Waals surface area (Å²) < 4.78 is 26.0. The smallest absolute Gasteiger partial charge is 0.308 e. The molecule has 1 N–H and O–H groups in total. The average Bonchev–Trinajstić information content (AvgIpc) is 2.81. The van der Waals surface area contributed by atoms with Gasteiger partial charge in [-0.3, -0.25) is 10.1 Å². The summed E-state index contributed by atoms with van der Waals surface area (Å²) in [5.74, 6) is -1.22. The maximum Gasteiger partial charge on any atom is 0.324 e. The molecule has 0 aliphatic heterocycles. The molecule has 0 saturated carbocycles. The van der Waals surface area contributed by atoms with Gasteiger partial charge in [-0.15, -0.1) is 0 Å². The van der Waals surface area contributed by atoms with Crippen molar-refractivity contribution in [1.82, 2.24) is 5.32 Å². The maximum atomic E-state index is 13.3. The standard InChI is InChI=1S/C12H10F2N2O2S/c13-9-2-1-8(11(14)5-9)6-15-7-10-3-4-12(19-10)16(17)18/h1-5,15H,6-7H2. The van der Waals surface area contributed by atoms with Crippen LogP contribution in [0.15, 0.2) is 30.3 Å². The fourth-order valence-corrected chi connectivity index (χ4v) is 2.33. The van der Waals surface area contributed by atoms with E-state index in [1.165, 1.54) is 18.2 Å². The third-order valence-electron chi connectivity index (χ3n) is 2.46. The van der Waals surface area contributed by atoms with Crippen molar-refractivity contribution >= 4 is 16.3 Å². The van der Waals surface area contributed by atoms with Gasteiger partial charge in [0.25, 0.3) is 0 Å². The summed E-state index contributed by atoms with van der Waals surface area (Å²) in [6.07, 6.45) is 0. The van der Waals surface area contributed by atoms with Gasteiger partial charge in [-0.1, -0.05) is 17.4 Å². The Morgan fingerprint density at radius 1 is 1.21 bits per heavy atom. The predicted molar refractivity (Wildman–Crippen MR) is 67.9 cm³/mol. The molecule has 0 aliphatic rings. The molecular weight excluding hydrogens is 274 g/mol. The Morgan fingerprint density at radius 3 is 2.63 bits per heavy atom. The van der Waals surface area contributed by atoms with Crippen LogP contribution in [0.2, 0.25) is 0 Å². The SMILES string of the molecule is O=[N+]([O-])c1ccc(CNCc2ccc(F)cc2F)s1. The second-order valence-corrected chi connectivity index (χ2v) is 4.98. The first kappa shape index (κ1) is 13.6. The van der Waals surface area contributed by atoms with Crippen molar-refractivity contribution in [3.05, 3.63) is 62.5 Å². The Kier molecular flexibility index (Phi) is 4.18. The molecule has 0 fully saturated rings. The molecule has 0 spiro atoms. The van der Waals surface area contributed by atoms with E-state index in [0.717, 1.165) is 22.3 Å². The van der Waals surface area contributed by atoms with E-state index in [-0.39, 0.29) is 11.5 Å². The zero-order chi connectivity index (χ0) is 13.8. The van der Waals surface area contributed by atoms with Gasteiger partial charge in [-0.05, 0) is 12.1 Å². The van der Waals surface area contributed by atoms with Crippen LogP contribution < -0.4 is 5.32 Å². The molecule has 1 heterocycles. The van der Waals surface area contributed by atoms with E-state index in [1.54, 1.807) is 6.07 Å². The van der Waals surface area contributed by atoms with Gasteiger partial charge < -0.3 is 5.32 Å². The highest BCUT2D eigenvalue weighted by molar-refractivity contribution is 7.15. The molecule has 19 heavy (non-hydrogen) atoms. The molecule has 0 saturated heterocycles. The molecule has 7 heteroatoms. The van der Waals surface area contributed by atoms with Crippen LogP contribution >= 0.6 is 11.3 Å². The van der Waals surface area contributed by atoms with Crippen molar-refractivity contribution < 1.29 is 13.7 Å². The van der Waals surface area contributed by atoms with E-state index >= 15 is 0 Å². The molecule has 100 valence electrons. The quantitative estimate of drug-likeness (QED) is 0.677. The topological polar surface area (TPSA) is 55.2 Å². The van der Waals surface area contributed by atoms with Crippen molar-refractivity contribution in [2.24, 2.45) is 0 Å². The van der Waals surface area contributed by atoms with Crippen LogP contribution in [0.4, 0.5) is 13.8 Å². The number of thiophene rings is 1. The third kappa shape index (κ3) is 3.55. The van der Waals surface area contributed by atoms with E-state index < -0.39 is 16.6 Å². The summed E-state index contributed by atoms with van der Waals surface area (Å²) in [5.41, 5.74) is 0.354. The highest BCUT2D eigenvalue weighted by Gasteiger charge is 2.09. The Balaban J connectivity index is 1.90. The summed E-state index contributed by atoms with van der Waals surface area (Å²) in [5, 5.41) is 13.5. The lowest BCUT2D eigenvalue weighted by Crippen LogP contribution is -2.12. The number of rotatable bonds is 5. The van der Waals surface area contributed by atoms with Crippen LogP contribution in [0.3, 0.4) is 0 Å². The lowest BCUT2D eigenvalue weighted by atomic mass is 10.2. The van der Waals surface area contributed by atoms with Gasteiger partial charge in [0.05, 0.1) is 4.92 Å². The zero-order valence-electron chi connectivity index (χ0n) is 9.73. The van der Waals surface area contributed by atoms with Crippen LogP contribution in [0.5, 0.6) is 0 Å². The Labute approximate surface area is 111 Å². The molecule has 1 aromatic carbocycles. The minimum Gasteiger partial charge on any atom is -0.308 e. The van der Waals surface area contributed by atoms with Gasteiger partial charge in [0.2, 0.25) is 0 Å².